The van der Waals surface area contributed by atoms with E-state index in [1.54, 1.807) is 0 Å². The van der Waals surface area contributed by atoms with Crippen LogP contribution in [-0.2, 0) is 0 Å². The van der Waals surface area contributed by atoms with Crippen LogP contribution in [0.4, 0.5) is 0 Å². The summed E-state index contributed by atoms with van der Waals surface area (Å²) in [6, 6.07) is 1.37. The highest BCUT2D eigenvalue weighted by molar-refractivity contribution is 5.11. The molecule has 2 nitrogen and oxygen atoms in total. The van der Waals surface area contributed by atoms with Crippen LogP contribution >= 0.6 is 0 Å². The quantitative estimate of drug-likeness (QED) is 0.738. The molecule has 2 N–H and O–H groups in total. The van der Waals surface area contributed by atoms with E-state index in [1.165, 1.54) is 64.5 Å². The van der Waals surface area contributed by atoms with Crippen LogP contribution in [0.2, 0.25) is 0 Å². The van der Waals surface area contributed by atoms with E-state index in [9.17, 15) is 0 Å². The number of nitrogens with zero attached hydrogens (tertiary/aromatic N) is 1. The lowest BCUT2D eigenvalue weighted by Crippen LogP contribution is -2.34. The van der Waals surface area contributed by atoms with Crippen LogP contribution in [-0.4, -0.2) is 30.1 Å². The van der Waals surface area contributed by atoms with E-state index in [-0.39, 0.29) is 0 Å². The number of unbranched alkanes of at least 4 members (excludes halogenated alkanes) is 2. The van der Waals surface area contributed by atoms with E-state index < -0.39 is 0 Å². The first kappa shape index (κ1) is 13.4. The van der Waals surface area contributed by atoms with Crippen molar-refractivity contribution in [2.45, 2.75) is 77.3 Å². The minimum atomic E-state index is 0.519. The van der Waals surface area contributed by atoms with Crippen molar-refractivity contribution >= 4 is 0 Å². The monoisotopic (exact) mass is 238 g/mol. The van der Waals surface area contributed by atoms with Crippen molar-refractivity contribution in [1.82, 2.24) is 4.90 Å². The fourth-order valence-corrected chi connectivity index (χ4v) is 3.48. The highest BCUT2D eigenvalue weighted by atomic mass is 15.2. The lowest BCUT2D eigenvalue weighted by molar-refractivity contribution is 0.201. The number of hydrogen-bond donors (Lipinski definition) is 1. The number of hydrogen-bond acceptors (Lipinski definition) is 2. The van der Waals surface area contributed by atoms with Gasteiger partial charge in [0.1, 0.15) is 0 Å². The van der Waals surface area contributed by atoms with Crippen molar-refractivity contribution in [3.63, 3.8) is 0 Å². The van der Waals surface area contributed by atoms with E-state index in [1.807, 2.05) is 0 Å². The van der Waals surface area contributed by atoms with Gasteiger partial charge >= 0.3 is 0 Å². The van der Waals surface area contributed by atoms with E-state index in [2.05, 4.69) is 18.7 Å². The molecule has 2 fully saturated rings. The molecule has 0 amide bonds. The molecule has 2 atom stereocenters. The Balaban J connectivity index is 1.82. The third-order valence-corrected chi connectivity index (χ3v) is 4.97. The van der Waals surface area contributed by atoms with Crippen LogP contribution < -0.4 is 5.73 Å². The van der Waals surface area contributed by atoms with Gasteiger partial charge in [0.2, 0.25) is 0 Å². The van der Waals surface area contributed by atoms with E-state index >= 15 is 0 Å². The van der Waals surface area contributed by atoms with Gasteiger partial charge in [-0.25, -0.2) is 0 Å². The average Bonchev–Trinajstić information content (AvgIpc) is 2.75. The minimum Gasteiger partial charge on any atom is -0.327 e. The molecular weight excluding hydrogens is 208 g/mol. The molecule has 2 rings (SSSR count). The van der Waals surface area contributed by atoms with Gasteiger partial charge in [0.25, 0.3) is 0 Å². The number of rotatable bonds is 7. The van der Waals surface area contributed by atoms with Gasteiger partial charge < -0.3 is 5.73 Å². The largest absolute Gasteiger partial charge is 0.327 e. The first-order valence-corrected chi connectivity index (χ1v) is 7.71. The van der Waals surface area contributed by atoms with Gasteiger partial charge in [-0.3, -0.25) is 4.90 Å². The summed E-state index contributed by atoms with van der Waals surface area (Å²) >= 11 is 0. The Bertz CT molecular complexity index is 233. The molecule has 0 aromatic carbocycles. The van der Waals surface area contributed by atoms with Crippen molar-refractivity contribution in [1.29, 1.82) is 0 Å². The highest BCUT2D eigenvalue weighted by Gasteiger charge is 2.55. The van der Waals surface area contributed by atoms with Crippen LogP contribution in [0.15, 0.2) is 0 Å². The Labute approximate surface area is 107 Å². The zero-order valence-electron chi connectivity index (χ0n) is 11.8. The number of likely N-dealkylation sites (tertiary alicyclic amines) is 1. The second kappa shape index (κ2) is 5.71. The normalized spacial score (nSPS) is 32.8. The SMILES string of the molecule is CCCCC(CCCC)N1CCC2(CC2N)C1. The lowest BCUT2D eigenvalue weighted by Gasteiger charge is -2.28. The molecule has 1 spiro atoms. The van der Waals surface area contributed by atoms with Gasteiger partial charge in [0, 0.05) is 24.0 Å². The van der Waals surface area contributed by atoms with Gasteiger partial charge in [0.05, 0.1) is 0 Å². The summed E-state index contributed by atoms with van der Waals surface area (Å²) in [6.07, 6.45) is 10.9. The second-order valence-corrected chi connectivity index (χ2v) is 6.33. The van der Waals surface area contributed by atoms with E-state index in [0.29, 0.717) is 11.5 Å². The van der Waals surface area contributed by atoms with Gasteiger partial charge in [-0.05, 0) is 32.2 Å². The fraction of sp³-hybridized carbons (Fsp3) is 1.00. The molecule has 1 aliphatic heterocycles. The average molecular weight is 238 g/mol. The molecular formula is C15H30N2. The highest BCUT2D eigenvalue weighted by Crippen LogP contribution is 2.52. The maximum Gasteiger partial charge on any atom is 0.0115 e. The molecule has 0 radical (unpaired) electrons. The molecule has 1 saturated heterocycles. The molecule has 1 heterocycles. The van der Waals surface area contributed by atoms with Gasteiger partial charge in [-0.1, -0.05) is 39.5 Å². The Morgan fingerprint density at radius 2 is 1.82 bits per heavy atom. The maximum atomic E-state index is 6.10. The van der Waals surface area contributed by atoms with Crippen LogP contribution in [0.3, 0.4) is 0 Å². The van der Waals surface area contributed by atoms with Gasteiger partial charge in [-0.15, -0.1) is 0 Å². The molecule has 2 heteroatoms. The van der Waals surface area contributed by atoms with E-state index in [4.69, 9.17) is 5.73 Å². The fourth-order valence-electron chi connectivity index (χ4n) is 3.48. The Kier molecular flexibility index (Phi) is 4.48. The summed E-state index contributed by atoms with van der Waals surface area (Å²) < 4.78 is 0. The Morgan fingerprint density at radius 1 is 1.24 bits per heavy atom. The Hall–Kier alpha value is -0.0800. The van der Waals surface area contributed by atoms with Gasteiger partial charge in [-0.2, -0.15) is 0 Å². The first-order valence-electron chi connectivity index (χ1n) is 7.71. The molecule has 2 unspecified atom stereocenters. The van der Waals surface area contributed by atoms with Crippen LogP contribution in [0.1, 0.15) is 65.2 Å². The smallest absolute Gasteiger partial charge is 0.0115 e. The van der Waals surface area contributed by atoms with Crippen LogP contribution in [0, 0.1) is 5.41 Å². The summed E-state index contributed by atoms with van der Waals surface area (Å²) in [5.74, 6) is 0. The topological polar surface area (TPSA) is 29.3 Å². The maximum absolute atomic E-state index is 6.10. The number of nitrogens with two attached hydrogens (primary N) is 1. The molecule has 0 aromatic rings. The molecule has 1 saturated carbocycles. The predicted octanol–water partition coefficient (Wildman–Crippen LogP) is 3.16. The lowest BCUT2D eigenvalue weighted by atomic mass is 10.0. The summed E-state index contributed by atoms with van der Waals surface area (Å²) in [4.78, 5) is 2.76. The molecule has 0 aromatic heterocycles. The summed E-state index contributed by atoms with van der Waals surface area (Å²) in [5, 5.41) is 0. The third-order valence-electron chi connectivity index (χ3n) is 4.97. The first-order chi connectivity index (χ1) is 8.22. The molecule has 17 heavy (non-hydrogen) atoms. The van der Waals surface area contributed by atoms with Crippen molar-refractivity contribution in [3.05, 3.63) is 0 Å². The summed E-state index contributed by atoms with van der Waals surface area (Å²) in [5.41, 5.74) is 6.65. The van der Waals surface area contributed by atoms with Gasteiger partial charge in [0.15, 0.2) is 0 Å². The van der Waals surface area contributed by atoms with Crippen molar-refractivity contribution in [2.24, 2.45) is 11.1 Å². The predicted molar refractivity (Wildman–Crippen MR) is 74.1 cm³/mol. The van der Waals surface area contributed by atoms with Crippen molar-refractivity contribution < 1.29 is 0 Å². The van der Waals surface area contributed by atoms with Crippen LogP contribution in [0.25, 0.3) is 0 Å². The molecule has 100 valence electrons. The standard InChI is InChI=1S/C15H30N2/c1-3-5-7-13(8-6-4-2)17-10-9-15(12-17)11-14(15)16/h13-14H,3-12,16H2,1-2H3. The Morgan fingerprint density at radius 3 is 2.24 bits per heavy atom. The van der Waals surface area contributed by atoms with Crippen molar-refractivity contribution in [3.8, 4) is 0 Å². The minimum absolute atomic E-state index is 0.519. The zero-order valence-corrected chi connectivity index (χ0v) is 11.8. The molecule has 0 bridgehead atoms. The molecule has 1 aliphatic carbocycles. The zero-order chi connectivity index (χ0) is 12.3. The molecule has 2 aliphatic rings. The summed E-state index contributed by atoms with van der Waals surface area (Å²) in [7, 11) is 0. The summed E-state index contributed by atoms with van der Waals surface area (Å²) in [6.45, 7) is 7.22. The van der Waals surface area contributed by atoms with E-state index in [0.717, 1.165) is 6.04 Å². The van der Waals surface area contributed by atoms with Crippen molar-refractivity contribution in [2.75, 3.05) is 13.1 Å². The van der Waals surface area contributed by atoms with Crippen LogP contribution in [0.5, 0.6) is 0 Å². The second-order valence-electron chi connectivity index (χ2n) is 6.33. The third kappa shape index (κ3) is 3.03.